The van der Waals surface area contributed by atoms with Gasteiger partial charge in [0, 0.05) is 5.69 Å². The van der Waals surface area contributed by atoms with Gasteiger partial charge in [0.2, 0.25) is 5.91 Å². The molecular formula is C12H17NO. The predicted octanol–water partition coefficient (Wildman–Crippen LogP) is 3.15. The highest BCUT2D eigenvalue weighted by molar-refractivity contribution is 5.98. The van der Waals surface area contributed by atoms with Gasteiger partial charge in [0.25, 0.3) is 0 Å². The van der Waals surface area contributed by atoms with Gasteiger partial charge in [-0.15, -0.1) is 0 Å². The predicted molar refractivity (Wildman–Crippen MR) is 61.4 cm³/mol. The number of nitrogens with one attached hydrogen (secondary N) is 1. The second-order valence-electron chi connectivity index (χ2n) is 2.56. The first-order chi connectivity index (χ1) is 6.72. The van der Waals surface area contributed by atoms with Crippen LogP contribution < -0.4 is 5.32 Å². The highest BCUT2D eigenvalue weighted by Gasteiger charge is 1.95. The van der Waals surface area contributed by atoms with Crippen molar-refractivity contribution in [3.63, 3.8) is 0 Å². The molecule has 1 aromatic rings. The van der Waals surface area contributed by atoms with Gasteiger partial charge in [-0.25, -0.2) is 0 Å². The largest absolute Gasteiger partial charge is 0.323 e. The summed E-state index contributed by atoms with van der Waals surface area (Å²) in [5.41, 5.74) is 1.93. The summed E-state index contributed by atoms with van der Waals surface area (Å²) in [4.78, 5) is 10.9. The number of rotatable bonds is 2. The average molecular weight is 191 g/mol. The Balaban J connectivity index is 0.000000791. The molecule has 2 heteroatoms. The Hall–Kier alpha value is -1.57. The highest BCUT2D eigenvalue weighted by atomic mass is 16.1. The van der Waals surface area contributed by atoms with Gasteiger partial charge >= 0.3 is 0 Å². The topological polar surface area (TPSA) is 29.1 Å². The van der Waals surface area contributed by atoms with Crippen LogP contribution in [-0.4, -0.2) is 5.91 Å². The molecule has 0 bridgehead atoms. The van der Waals surface area contributed by atoms with Gasteiger partial charge in [0.1, 0.15) is 0 Å². The van der Waals surface area contributed by atoms with Crippen LogP contribution in [0.4, 0.5) is 5.69 Å². The number of hydrogen-bond acceptors (Lipinski definition) is 1. The van der Waals surface area contributed by atoms with Gasteiger partial charge in [0.15, 0.2) is 0 Å². The molecule has 0 saturated carbocycles. The van der Waals surface area contributed by atoms with Crippen molar-refractivity contribution in [1.29, 1.82) is 0 Å². The lowest BCUT2D eigenvalue weighted by Gasteiger charge is -2.01. The van der Waals surface area contributed by atoms with E-state index in [0.29, 0.717) is 0 Å². The molecule has 1 aromatic carbocycles. The summed E-state index contributed by atoms with van der Waals surface area (Å²) in [6.07, 6.45) is 1.25. The van der Waals surface area contributed by atoms with E-state index in [-0.39, 0.29) is 5.91 Å². The van der Waals surface area contributed by atoms with E-state index in [2.05, 4.69) is 11.9 Å². The molecule has 0 aliphatic rings. The van der Waals surface area contributed by atoms with Crippen molar-refractivity contribution in [2.75, 3.05) is 5.32 Å². The van der Waals surface area contributed by atoms with Gasteiger partial charge in [-0.05, 0) is 30.7 Å². The lowest BCUT2D eigenvalue weighted by Crippen LogP contribution is -2.06. The molecule has 14 heavy (non-hydrogen) atoms. The molecule has 0 atom stereocenters. The molecule has 0 aliphatic heterocycles. The Morgan fingerprint density at radius 3 is 2.57 bits per heavy atom. The molecule has 1 amide bonds. The Kier molecular flexibility index (Phi) is 6.12. The highest BCUT2D eigenvalue weighted by Crippen LogP contribution is 2.08. The number of benzene rings is 1. The molecule has 1 rings (SSSR count). The third-order valence-corrected chi connectivity index (χ3v) is 1.47. The fourth-order valence-electron chi connectivity index (χ4n) is 0.916. The van der Waals surface area contributed by atoms with Crippen LogP contribution in [0.1, 0.15) is 19.4 Å². The molecule has 0 aliphatic carbocycles. The maximum absolute atomic E-state index is 10.9. The van der Waals surface area contributed by atoms with E-state index in [1.54, 1.807) is 0 Å². The van der Waals surface area contributed by atoms with Crippen LogP contribution in [0.15, 0.2) is 36.9 Å². The van der Waals surface area contributed by atoms with Crippen molar-refractivity contribution in [1.82, 2.24) is 0 Å². The van der Waals surface area contributed by atoms with Crippen LogP contribution >= 0.6 is 0 Å². The first-order valence-electron chi connectivity index (χ1n) is 4.72. The second-order valence-corrected chi connectivity index (χ2v) is 2.56. The zero-order valence-corrected chi connectivity index (χ0v) is 9.00. The summed E-state index contributed by atoms with van der Waals surface area (Å²) in [5.74, 6) is -0.180. The minimum Gasteiger partial charge on any atom is -0.323 e. The van der Waals surface area contributed by atoms with Crippen molar-refractivity contribution >= 4 is 11.6 Å². The number of carbonyl (C=O) groups is 1. The van der Waals surface area contributed by atoms with Crippen molar-refractivity contribution in [2.45, 2.75) is 20.8 Å². The van der Waals surface area contributed by atoms with Gasteiger partial charge < -0.3 is 5.32 Å². The normalized spacial score (nSPS) is 8.21. The molecule has 0 spiro atoms. The van der Waals surface area contributed by atoms with Crippen molar-refractivity contribution in [3.05, 3.63) is 42.5 Å². The van der Waals surface area contributed by atoms with Crippen LogP contribution in [0.3, 0.4) is 0 Å². The van der Waals surface area contributed by atoms with E-state index in [4.69, 9.17) is 0 Å². The summed E-state index contributed by atoms with van der Waals surface area (Å²) in [5, 5.41) is 2.68. The van der Waals surface area contributed by atoms with Crippen molar-refractivity contribution < 1.29 is 4.79 Å². The van der Waals surface area contributed by atoms with Crippen LogP contribution in [0, 0.1) is 6.92 Å². The quantitative estimate of drug-likeness (QED) is 0.715. The lowest BCUT2D eigenvalue weighted by molar-refractivity contribution is -0.111. The number of amides is 1. The summed E-state index contributed by atoms with van der Waals surface area (Å²) < 4.78 is 0. The van der Waals surface area contributed by atoms with E-state index >= 15 is 0 Å². The second kappa shape index (κ2) is 6.89. The Labute approximate surface area is 85.6 Å². The summed E-state index contributed by atoms with van der Waals surface area (Å²) in [6, 6.07) is 7.62. The number of anilines is 1. The van der Waals surface area contributed by atoms with Crippen molar-refractivity contribution in [2.24, 2.45) is 0 Å². The monoisotopic (exact) mass is 191 g/mol. The van der Waals surface area contributed by atoms with E-state index in [0.717, 1.165) is 11.3 Å². The first kappa shape index (κ1) is 12.4. The minimum atomic E-state index is -0.180. The van der Waals surface area contributed by atoms with Gasteiger partial charge in [0.05, 0.1) is 0 Å². The minimum absolute atomic E-state index is 0.180. The molecule has 0 aromatic heterocycles. The van der Waals surface area contributed by atoms with E-state index in [1.165, 1.54) is 6.08 Å². The number of hydrogen-bond donors (Lipinski definition) is 1. The maximum atomic E-state index is 10.9. The summed E-state index contributed by atoms with van der Waals surface area (Å²) in [6.45, 7) is 9.34. The molecule has 0 unspecified atom stereocenters. The fraction of sp³-hybridized carbons (Fsp3) is 0.250. The maximum Gasteiger partial charge on any atom is 0.247 e. The van der Waals surface area contributed by atoms with Gasteiger partial charge in [-0.2, -0.15) is 0 Å². The molecule has 0 saturated heterocycles. The standard InChI is InChI=1S/C10H11NO.C2H6/c1-3-10(12)11-9-6-4-5-8(2)7-9;1-2/h3-7H,1H2,2H3,(H,11,12);1-2H3. The molecule has 0 radical (unpaired) electrons. The third kappa shape index (κ3) is 4.45. The Morgan fingerprint density at radius 2 is 2.07 bits per heavy atom. The lowest BCUT2D eigenvalue weighted by atomic mass is 10.2. The SMILES string of the molecule is C=CC(=O)Nc1cccc(C)c1.CC. The van der Waals surface area contributed by atoms with E-state index < -0.39 is 0 Å². The zero-order chi connectivity index (χ0) is 11.0. The van der Waals surface area contributed by atoms with E-state index in [1.807, 2.05) is 45.0 Å². The molecular weight excluding hydrogens is 174 g/mol. The smallest absolute Gasteiger partial charge is 0.247 e. The molecule has 0 heterocycles. The third-order valence-electron chi connectivity index (χ3n) is 1.47. The van der Waals surface area contributed by atoms with Crippen LogP contribution in [0.5, 0.6) is 0 Å². The van der Waals surface area contributed by atoms with E-state index in [9.17, 15) is 4.79 Å². The van der Waals surface area contributed by atoms with Crippen LogP contribution in [0.25, 0.3) is 0 Å². The summed E-state index contributed by atoms with van der Waals surface area (Å²) in [7, 11) is 0. The fourth-order valence-corrected chi connectivity index (χ4v) is 0.916. The van der Waals surface area contributed by atoms with Crippen LogP contribution in [-0.2, 0) is 4.79 Å². The molecule has 2 nitrogen and oxygen atoms in total. The van der Waals surface area contributed by atoms with Gasteiger partial charge in [-0.1, -0.05) is 32.6 Å². The Bertz CT molecular complexity index is 305. The Morgan fingerprint density at radius 1 is 1.43 bits per heavy atom. The summed E-state index contributed by atoms with van der Waals surface area (Å²) >= 11 is 0. The average Bonchev–Trinajstić information content (AvgIpc) is 2.21. The molecule has 76 valence electrons. The molecule has 0 fully saturated rings. The van der Waals surface area contributed by atoms with Crippen molar-refractivity contribution in [3.8, 4) is 0 Å². The molecule has 1 N–H and O–H groups in total. The first-order valence-corrected chi connectivity index (χ1v) is 4.72. The number of aryl methyl sites for hydroxylation is 1. The van der Waals surface area contributed by atoms with Gasteiger partial charge in [-0.3, -0.25) is 4.79 Å². The zero-order valence-electron chi connectivity index (χ0n) is 9.00. The number of carbonyl (C=O) groups excluding carboxylic acids is 1. The van der Waals surface area contributed by atoms with Crippen LogP contribution in [0.2, 0.25) is 0 Å².